The molecule has 0 heterocycles. The Balaban J connectivity index is 3.35. The monoisotopic (exact) mass is 183 g/mol. The van der Waals surface area contributed by atoms with E-state index in [4.69, 9.17) is 6.42 Å². The first-order valence-corrected chi connectivity index (χ1v) is 4.39. The topological polar surface area (TPSA) is 29.5 Å². The zero-order valence-electron chi connectivity index (χ0n) is 8.38. The maximum absolute atomic E-state index is 10.8. The standard InChI is InChI=1S/C10H17NO2/c1-4-5-6-8-11(2)9-7-10(12)13-3/h1H,5-9H2,2-3H3. The second-order valence-electron chi connectivity index (χ2n) is 2.94. The van der Waals surface area contributed by atoms with Crippen LogP contribution in [0.3, 0.4) is 0 Å². The first-order chi connectivity index (χ1) is 6.20. The molecule has 0 saturated heterocycles. The van der Waals surface area contributed by atoms with Crippen LogP contribution in [-0.4, -0.2) is 38.1 Å². The van der Waals surface area contributed by atoms with Crippen LogP contribution in [0.1, 0.15) is 19.3 Å². The van der Waals surface area contributed by atoms with E-state index in [1.807, 2.05) is 7.05 Å². The van der Waals surface area contributed by atoms with Gasteiger partial charge in [-0.2, -0.15) is 0 Å². The van der Waals surface area contributed by atoms with Crippen molar-refractivity contribution < 1.29 is 9.53 Å². The van der Waals surface area contributed by atoms with Crippen LogP contribution in [-0.2, 0) is 9.53 Å². The zero-order chi connectivity index (χ0) is 10.1. The molecule has 0 bridgehead atoms. The van der Waals surface area contributed by atoms with Gasteiger partial charge in [-0.15, -0.1) is 12.3 Å². The Bertz CT molecular complexity index is 184. The molecule has 0 aromatic heterocycles. The number of methoxy groups -OCH3 is 1. The molecule has 0 unspecified atom stereocenters. The van der Waals surface area contributed by atoms with Crippen molar-refractivity contribution in [2.75, 3.05) is 27.2 Å². The van der Waals surface area contributed by atoms with E-state index in [0.29, 0.717) is 6.42 Å². The van der Waals surface area contributed by atoms with Crippen molar-refractivity contribution in [3.8, 4) is 12.3 Å². The highest BCUT2D eigenvalue weighted by molar-refractivity contribution is 5.69. The lowest BCUT2D eigenvalue weighted by molar-refractivity contribution is -0.140. The highest BCUT2D eigenvalue weighted by Crippen LogP contribution is 1.94. The van der Waals surface area contributed by atoms with Gasteiger partial charge in [0.15, 0.2) is 0 Å². The lowest BCUT2D eigenvalue weighted by Crippen LogP contribution is -2.23. The Kier molecular flexibility index (Phi) is 7.04. The van der Waals surface area contributed by atoms with E-state index in [9.17, 15) is 4.79 Å². The number of terminal acetylenes is 1. The van der Waals surface area contributed by atoms with Crippen LogP contribution in [0.5, 0.6) is 0 Å². The summed E-state index contributed by atoms with van der Waals surface area (Å²) in [5.74, 6) is 2.42. The van der Waals surface area contributed by atoms with Crippen molar-refractivity contribution in [1.29, 1.82) is 0 Å². The molecule has 74 valence electrons. The summed E-state index contributed by atoms with van der Waals surface area (Å²) in [6.07, 6.45) is 7.34. The van der Waals surface area contributed by atoms with Crippen LogP contribution >= 0.6 is 0 Å². The Labute approximate surface area is 80.1 Å². The van der Waals surface area contributed by atoms with Crippen molar-refractivity contribution in [1.82, 2.24) is 4.90 Å². The van der Waals surface area contributed by atoms with Crippen molar-refractivity contribution in [2.24, 2.45) is 0 Å². The largest absolute Gasteiger partial charge is 0.469 e. The predicted molar refractivity (Wildman–Crippen MR) is 52.2 cm³/mol. The fraction of sp³-hybridized carbons (Fsp3) is 0.700. The second-order valence-corrected chi connectivity index (χ2v) is 2.94. The van der Waals surface area contributed by atoms with Crippen molar-refractivity contribution in [3.05, 3.63) is 0 Å². The third-order valence-corrected chi connectivity index (χ3v) is 1.79. The van der Waals surface area contributed by atoms with Gasteiger partial charge in [-0.05, 0) is 20.0 Å². The van der Waals surface area contributed by atoms with Crippen molar-refractivity contribution >= 4 is 5.97 Å². The molecule has 3 heteroatoms. The molecule has 0 atom stereocenters. The Hall–Kier alpha value is -1.01. The average Bonchev–Trinajstić information content (AvgIpc) is 2.14. The van der Waals surface area contributed by atoms with Gasteiger partial charge in [0, 0.05) is 13.0 Å². The number of carbonyl (C=O) groups excluding carboxylic acids is 1. The summed E-state index contributed by atoms with van der Waals surface area (Å²) in [4.78, 5) is 12.8. The number of esters is 1. The number of nitrogens with zero attached hydrogens (tertiary/aromatic N) is 1. The molecule has 0 aliphatic carbocycles. The summed E-state index contributed by atoms with van der Waals surface area (Å²) in [7, 11) is 3.38. The Morgan fingerprint density at radius 3 is 2.77 bits per heavy atom. The Morgan fingerprint density at radius 2 is 2.23 bits per heavy atom. The highest BCUT2D eigenvalue weighted by atomic mass is 16.5. The third-order valence-electron chi connectivity index (χ3n) is 1.79. The average molecular weight is 183 g/mol. The zero-order valence-corrected chi connectivity index (χ0v) is 8.38. The van der Waals surface area contributed by atoms with E-state index in [1.54, 1.807) is 0 Å². The molecule has 0 radical (unpaired) electrons. The molecule has 0 aromatic carbocycles. The summed E-state index contributed by atoms with van der Waals surface area (Å²) < 4.78 is 4.53. The van der Waals surface area contributed by atoms with Gasteiger partial charge < -0.3 is 9.64 Å². The molecule has 3 nitrogen and oxygen atoms in total. The van der Waals surface area contributed by atoms with Crippen LogP contribution in [0.25, 0.3) is 0 Å². The van der Waals surface area contributed by atoms with E-state index in [2.05, 4.69) is 15.6 Å². The van der Waals surface area contributed by atoms with Crippen LogP contribution in [0.2, 0.25) is 0 Å². The number of rotatable bonds is 6. The number of hydrogen-bond acceptors (Lipinski definition) is 3. The minimum atomic E-state index is -0.163. The molecule has 0 amide bonds. The van der Waals surface area contributed by atoms with Crippen LogP contribution in [0, 0.1) is 12.3 Å². The quantitative estimate of drug-likeness (QED) is 0.348. The van der Waals surface area contributed by atoms with Gasteiger partial charge in [0.1, 0.15) is 0 Å². The SMILES string of the molecule is C#CCCCN(C)CCC(=O)OC. The number of carbonyl (C=O) groups is 1. The highest BCUT2D eigenvalue weighted by Gasteiger charge is 2.02. The van der Waals surface area contributed by atoms with Gasteiger partial charge in [0.25, 0.3) is 0 Å². The molecule has 0 aliphatic heterocycles. The minimum Gasteiger partial charge on any atom is -0.469 e. The lowest BCUT2D eigenvalue weighted by atomic mass is 10.3. The van der Waals surface area contributed by atoms with E-state index in [0.717, 1.165) is 25.9 Å². The van der Waals surface area contributed by atoms with Gasteiger partial charge in [0.2, 0.25) is 0 Å². The summed E-state index contributed by atoms with van der Waals surface area (Å²) in [5.41, 5.74) is 0. The number of ether oxygens (including phenoxy) is 1. The third kappa shape index (κ3) is 7.35. The Morgan fingerprint density at radius 1 is 1.54 bits per heavy atom. The first-order valence-electron chi connectivity index (χ1n) is 4.39. The molecule has 0 N–H and O–H groups in total. The van der Waals surface area contributed by atoms with Crippen molar-refractivity contribution in [3.63, 3.8) is 0 Å². The summed E-state index contributed by atoms with van der Waals surface area (Å²) >= 11 is 0. The van der Waals surface area contributed by atoms with Crippen molar-refractivity contribution in [2.45, 2.75) is 19.3 Å². The van der Waals surface area contributed by atoms with E-state index < -0.39 is 0 Å². The van der Waals surface area contributed by atoms with E-state index in [-0.39, 0.29) is 5.97 Å². The van der Waals surface area contributed by atoms with E-state index in [1.165, 1.54) is 7.11 Å². The molecule has 0 saturated carbocycles. The number of unbranched alkanes of at least 4 members (excludes halogenated alkanes) is 1. The lowest BCUT2D eigenvalue weighted by Gasteiger charge is -2.14. The molecule has 0 fully saturated rings. The van der Waals surface area contributed by atoms with Gasteiger partial charge in [-0.25, -0.2) is 0 Å². The van der Waals surface area contributed by atoms with Crippen LogP contribution < -0.4 is 0 Å². The molecular weight excluding hydrogens is 166 g/mol. The molecular formula is C10H17NO2. The van der Waals surface area contributed by atoms with Crippen LogP contribution in [0.4, 0.5) is 0 Å². The van der Waals surface area contributed by atoms with Gasteiger partial charge in [-0.3, -0.25) is 4.79 Å². The maximum Gasteiger partial charge on any atom is 0.306 e. The molecule has 0 rings (SSSR count). The molecule has 13 heavy (non-hydrogen) atoms. The van der Waals surface area contributed by atoms with Gasteiger partial charge in [0.05, 0.1) is 13.5 Å². The maximum atomic E-state index is 10.8. The van der Waals surface area contributed by atoms with E-state index >= 15 is 0 Å². The minimum absolute atomic E-state index is 0.163. The number of hydrogen-bond donors (Lipinski definition) is 0. The van der Waals surface area contributed by atoms with Gasteiger partial charge >= 0.3 is 5.97 Å². The predicted octanol–water partition coefficient (Wildman–Crippen LogP) is 0.895. The normalized spacial score (nSPS) is 9.69. The van der Waals surface area contributed by atoms with Gasteiger partial charge in [-0.1, -0.05) is 0 Å². The molecule has 0 aromatic rings. The molecule has 0 spiro atoms. The smallest absolute Gasteiger partial charge is 0.306 e. The fourth-order valence-corrected chi connectivity index (χ4v) is 0.947. The summed E-state index contributed by atoms with van der Waals surface area (Å²) in [6, 6.07) is 0. The molecule has 0 aliphatic rings. The van der Waals surface area contributed by atoms with Crippen LogP contribution in [0.15, 0.2) is 0 Å². The fourth-order valence-electron chi connectivity index (χ4n) is 0.947. The summed E-state index contributed by atoms with van der Waals surface area (Å²) in [6.45, 7) is 1.67. The second kappa shape index (κ2) is 7.63. The summed E-state index contributed by atoms with van der Waals surface area (Å²) in [5, 5.41) is 0. The first kappa shape index (κ1) is 12.0.